The first-order chi connectivity index (χ1) is 7.09. The van der Waals surface area contributed by atoms with Gasteiger partial charge >= 0.3 is 0 Å². The molecule has 0 saturated heterocycles. The zero-order valence-corrected chi connectivity index (χ0v) is 11.5. The number of hydrogen-bond acceptors (Lipinski definition) is 2. The Hall–Kier alpha value is -0.758. The van der Waals surface area contributed by atoms with Gasteiger partial charge in [-0.05, 0) is 18.4 Å². The Kier molecular flexibility index (Phi) is 7.15. The fraction of sp³-hybridized carbons (Fsp3) is 0.273. The SMILES string of the molecule is CC(C)C1=C[CH-]/C(=C\N=NC(N)=S)C=C1.[Pd]. The van der Waals surface area contributed by atoms with Crippen LogP contribution < -0.4 is 5.73 Å². The molecule has 0 amide bonds. The van der Waals surface area contributed by atoms with E-state index in [4.69, 9.17) is 5.73 Å². The van der Waals surface area contributed by atoms with Crippen LogP contribution in [-0.2, 0) is 20.4 Å². The smallest absolute Gasteiger partial charge is 0.210 e. The Morgan fingerprint density at radius 2 is 2.19 bits per heavy atom. The van der Waals surface area contributed by atoms with E-state index in [0.29, 0.717) is 5.92 Å². The van der Waals surface area contributed by atoms with Crippen LogP contribution in [0.2, 0.25) is 0 Å². The van der Waals surface area contributed by atoms with Crippen molar-refractivity contribution in [3.63, 3.8) is 0 Å². The number of allylic oxidation sites excluding steroid dienone is 5. The minimum Gasteiger partial charge on any atom is -0.373 e. The number of nitrogens with two attached hydrogens (primary N) is 1. The summed E-state index contributed by atoms with van der Waals surface area (Å²) in [6.45, 7) is 4.32. The van der Waals surface area contributed by atoms with Crippen molar-refractivity contribution in [1.29, 1.82) is 0 Å². The zero-order valence-electron chi connectivity index (χ0n) is 9.16. The maximum Gasteiger partial charge on any atom is 0.210 e. The summed E-state index contributed by atoms with van der Waals surface area (Å²) in [4.78, 5) is 0. The molecule has 0 unspecified atom stereocenters. The molecule has 1 rings (SSSR count). The Balaban J connectivity index is 0.00000225. The molecule has 0 aromatic heterocycles. The maximum absolute atomic E-state index is 5.17. The zero-order chi connectivity index (χ0) is 11.3. The third-order valence-corrected chi connectivity index (χ3v) is 2.05. The largest absolute Gasteiger partial charge is 0.373 e. The van der Waals surface area contributed by atoms with Gasteiger partial charge < -0.3 is 5.73 Å². The van der Waals surface area contributed by atoms with Crippen LogP contribution in [0.15, 0.2) is 45.8 Å². The molecule has 0 saturated carbocycles. The molecular formula is C11H14N3PdS-. The van der Waals surface area contributed by atoms with Gasteiger partial charge in [0.2, 0.25) is 5.11 Å². The van der Waals surface area contributed by atoms with E-state index in [0.717, 1.165) is 5.57 Å². The maximum atomic E-state index is 5.17. The molecule has 5 heteroatoms. The molecule has 1 aliphatic carbocycles. The average molecular weight is 327 g/mol. The molecule has 90 valence electrons. The summed E-state index contributed by atoms with van der Waals surface area (Å²) < 4.78 is 0. The van der Waals surface area contributed by atoms with Gasteiger partial charge in [-0.25, -0.2) is 5.11 Å². The second-order valence-electron chi connectivity index (χ2n) is 3.50. The first kappa shape index (κ1) is 15.2. The molecule has 0 heterocycles. The van der Waals surface area contributed by atoms with Crippen LogP contribution in [0, 0.1) is 12.3 Å². The predicted octanol–water partition coefficient (Wildman–Crippen LogP) is 2.92. The molecule has 16 heavy (non-hydrogen) atoms. The monoisotopic (exact) mass is 326 g/mol. The van der Waals surface area contributed by atoms with Crippen molar-refractivity contribution < 1.29 is 20.4 Å². The van der Waals surface area contributed by atoms with Crippen LogP contribution in [0.3, 0.4) is 0 Å². The van der Waals surface area contributed by atoms with Gasteiger partial charge in [-0.2, -0.15) is 0 Å². The van der Waals surface area contributed by atoms with Gasteiger partial charge in [-0.3, -0.25) is 0 Å². The molecule has 0 radical (unpaired) electrons. The van der Waals surface area contributed by atoms with Crippen molar-refractivity contribution in [1.82, 2.24) is 0 Å². The Bertz CT molecular complexity index is 367. The van der Waals surface area contributed by atoms with Gasteiger partial charge in [0.1, 0.15) is 0 Å². The van der Waals surface area contributed by atoms with Crippen molar-refractivity contribution in [2.75, 3.05) is 0 Å². The number of azo groups is 1. The van der Waals surface area contributed by atoms with E-state index in [9.17, 15) is 0 Å². The quantitative estimate of drug-likeness (QED) is 0.367. The minimum atomic E-state index is 0. The molecule has 0 aromatic rings. The normalized spacial score (nSPS) is 17.2. The molecule has 0 aliphatic heterocycles. The van der Waals surface area contributed by atoms with Crippen LogP contribution in [0.5, 0.6) is 0 Å². The van der Waals surface area contributed by atoms with Crippen molar-refractivity contribution in [3.05, 3.63) is 42.0 Å². The number of nitrogens with zero attached hydrogens (tertiary/aromatic N) is 2. The fourth-order valence-corrected chi connectivity index (χ4v) is 1.17. The Morgan fingerprint density at radius 1 is 1.50 bits per heavy atom. The molecule has 2 N–H and O–H groups in total. The van der Waals surface area contributed by atoms with Crippen LogP contribution in [0.4, 0.5) is 0 Å². The van der Waals surface area contributed by atoms with Gasteiger partial charge in [-0.1, -0.05) is 19.8 Å². The third-order valence-electron chi connectivity index (χ3n) is 1.97. The van der Waals surface area contributed by atoms with Crippen LogP contribution in [0.25, 0.3) is 0 Å². The van der Waals surface area contributed by atoms with Crippen molar-refractivity contribution >= 4 is 17.3 Å². The van der Waals surface area contributed by atoms with E-state index in [2.05, 4.69) is 48.4 Å². The standard InChI is InChI=1S/C11H14N3S.Pd/c1-8(2)10-5-3-9(4-6-10)7-13-14-11(12)15;/h3-8H,1-2H3,(H2,12,15);/q-1;. The summed E-state index contributed by atoms with van der Waals surface area (Å²) in [5.41, 5.74) is 7.46. The van der Waals surface area contributed by atoms with Crippen LogP contribution >= 0.6 is 12.2 Å². The fourth-order valence-electron chi connectivity index (χ4n) is 1.12. The Labute approximate surface area is 115 Å². The van der Waals surface area contributed by atoms with E-state index >= 15 is 0 Å². The van der Waals surface area contributed by atoms with Gasteiger partial charge in [0.05, 0.1) is 0 Å². The van der Waals surface area contributed by atoms with Crippen molar-refractivity contribution in [3.8, 4) is 0 Å². The number of thiocarbonyl (C=S) groups is 1. The first-order valence-corrected chi connectivity index (χ1v) is 5.14. The van der Waals surface area contributed by atoms with Crippen molar-refractivity contribution in [2.45, 2.75) is 13.8 Å². The number of hydrogen-bond donors (Lipinski definition) is 1. The second-order valence-corrected chi connectivity index (χ2v) is 3.92. The van der Waals surface area contributed by atoms with E-state index in [1.807, 2.05) is 12.5 Å². The minimum absolute atomic E-state index is 0. The van der Waals surface area contributed by atoms with Gasteiger partial charge in [-0.15, -0.1) is 40.9 Å². The summed E-state index contributed by atoms with van der Waals surface area (Å²) in [6, 6.07) is 0. The predicted molar refractivity (Wildman–Crippen MR) is 66.1 cm³/mol. The summed E-state index contributed by atoms with van der Waals surface area (Å²) in [5, 5.41) is 7.35. The second kappa shape index (κ2) is 7.50. The topological polar surface area (TPSA) is 50.7 Å². The molecule has 0 bridgehead atoms. The van der Waals surface area contributed by atoms with E-state index in [-0.39, 0.29) is 25.5 Å². The van der Waals surface area contributed by atoms with Crippen LogP contribution in [0.1, 0.15) is 13.8 Å². The molecule has 0 spiro atoms. The number of rotatable bonds is 2. The van der Waals surface area contributed by atoms with Gasteiger partial charge in [0.15, 0.2) is 0 Å². The molecule has 0 atom stereocenters. The molecular weight excluding hydrogens is 313 g/mol. The first-order valence-electron chi connectivity index (χ1n) is 4.73. The van der Waals surface area contributed by atoms with Gasteiger partial charge in [0.25, 0.3) is 0 Å². The molecule has 0 fully saturated rings. The van der Waals surface area contributed by atoms with Crippen LogP contribution in [-0.4, -0.2) is 5.11 Å². The molecule has 1 aliphatic rings. The summed E-state index contributed by atoms with van der Waals surface area (Å²) in [6.07, 6.45) is 9.77. The molecule has 3 nitrogen and oxygen atoms in total. The summed E-state index contributed by atoms with van der Waals surface area (Å²) in [5.74, 6) is 0.539. The summed E-state index contributed by atoms with van der Waals surface area (Å²) >= 11 is 4.56. The van der Waals surface area contributed by atoms with E-state index < -0.39 is 0 Å². The molecule has 0 aromatic carbocycles. The van der Waals surface area contributed by atoms with E-state index in [1.54, 1.807) is 6.20 Å². The van der Waals surface area contributed by atoms with Crippen molar-refractivity contribution in [2.24, 2.45) is 21.9 Å². The van der Waals surface area contributed by atoms with E-state index in [1.165, 1.54) is 5.57 Å². The Morgan fingerprint density at radius 3 is 2.62 bits per heavy atom. The van der Waals surface area contributed by atoms with Gasteiger partial charge in [0, 0.05) is 20.4 Å². The third kappa shape index (κ3) is 5.36. The summed E-state index contributed by atoms with van der Waals surface area (Å²) in [7, 11) is 0. The average Bonchev–Trinajstić information content (AvgIpc) is 2.18.